The summed E-state index contributed by atoms with van der Waals surface area (Å²) in [4.78, 5) is 25.1. The topological polar surface area (TPSA) is 63.5 Å². The minimum Gasteiger partial charge on any atom is -0.268 e. The SMILES string of the molecule is CCCCc1ccc(N2C(=O)C(=Cc3ccc([N+](=O)[O-])cc3)SC2=S)cc1. The molecule has 1 fully saturated rings. The molecule has 2 aromatic rings. The van der Waals surface area contributed by atoms with E-state index >= 15 is 0 Å². The molecule has 7 heteroatoms. The van der Waals surface area contributed by atoms with Gasteiger partial charge >= 0.3 is 0 Å². The molecule has 1 amide bonds. The number of nitro benzene ring substituents is 1. The molecule has 2 aromatic carbocycles. The Morgan fingerprint density at radius 1 is 1.15 bits per heavy atom. The highest BCUT2D eigenvalue weighted by molar-refractivity contribution is 8.27. The maximum absolute atomic E-state index is 12.8. The Balaban J connectivity index is 1.79. The van der Waals surface area contributed by atoms with Crippen LogP contribution in [0.1, 0.15) is 30.9 Å². The monoisotopic (exact) mass is 398 g/mol. The van der Waals surface area contributed by atoms with Crippen LogP contribution in [0.3, 0.4) is 0 Å². The fourth-order valence-electron chi connectivity index (χ4n) is 2.73. The number of amides is 1. The van der Waals surface area contributed by atoms with Gasteiger partial charge in [-0.2, -0.15) is 0 Å². The molecular weight excluding hydrogens is 380 g/mol. The maximum Gasteiger partial charge on any atom is 0.270 e. The van der Waals surface area contributed by atoms with Crippen LogP contribution in [0.5, 0.6) is 0 Å². The summed E-state index contributed by atoms with van der Waals surface area (Å²) >= 11 is 6.62. The van der Waals surface area contributed by atoms with Gasteiger partial charge in [0.2, 0.25) is 0 Å². The fourth-order valence-corrected chi connectivity index (χ4v) is 4.03. The van der Waals surface area contributed by atoms with Gasteiger partial charge in [0.25, 0.3) is 11.6 Å². The molecule has 0 radical (unpaired) electrons. The first-order valence-electron chi connectivity index (χ1n) is 8.61. The Morgan fingerprint density at radius 3 is 2.41 bits per heavy atom. The maximum atomic E-state index is 12.8. The Morgan fingerprint density at radius 2 is 1.81 bits per heavy atom. The van der Waals surface area contributed by atoms with E-state index in [0.29, 0.717) is 9.23 Å². The van der Waals surface area contributed by atoms with Gasteiger partial charge < -0.3 is 0 Å². The molecule has 27 heavy (non-hydrogen) atoms. The lowest BCUT2D eigenvalue weighted by molar-refractivity contribution is -0.384. The van der Waals surface area contributed by atoms with Crippen molar-refractivity contribution in [2.24, 2.45) is 0 Å². The first-order valence-corrected chi connectivity index (χ1v) is 9.83. The smallest absolute Gasteiger partial charge is 0.268 e. The average molecular weight is 399 g/mol. The minimum atomic E-state index is -0.451. The molecule has 1 aliphatic rings. The normalized spacial score (nSPS) is 15.6. The molecular formula is C20H18N2O3S2. The summed E-state index contributed by atoms with van der Waals surface area (Å²) in [5.41, 5.74) is 2.73. The van der Waals surface area contributed by atoms with E-state index in [9.17, 15) is 14.9 Å². The zero-order chi connectivity index (χ0) is 19.4. The quantitative estimate of drug-likeness (QED) is 0.284. The summed E-state index contributed by atoms with van der Waals surface area (Å²) in [5, 5.41) is 10.7. The summed E-state index contributed by atoms with van der Waals surface area (Å²) in [6, 6.07) is 14.0. The third-order valence-corrected chi connectivity index (χ3v) is 5.51. The van der Waals surface area contributed by atoms with Gasteiger partial charge in [-0.25, -0.2) is 0 Å². The molecule has 0 saturated carbocycles. The lowest BCUT2D eigenvalue weighted by atomic mass is 10.1. The van der Waals surface area contributed by atoms with Crippen molar-refractivity contribution < 1.29 is 9.72 Å². The molecule has 1 saturated heterocycles. The highest BCUT2D eigenvalue weighted by atomic mass is 32.2. The van der Waals surface area contributed by atoms with Gasteiger partial charge in [-0.05, 0) is 54.3 Å². The first-order chi connectivity index (χ1) is 13.0. The summed E-state index contributed by atoms with van der Waals surface area (Å²) in [6.07, 6.45) is 5.01. The van der Waals surface area contributed by atoms with E-state index in [1.165, 1.54) is 34.4 Å². The lowest BCUT2D eigenvalue weighted by Crippen LogP contribution is -2.27. The Labute approximate surface area is 167 Å². The Bertz CT molecular complexity index is 906. The second-order valence-electron chi connectivity index (χ2n) is 6.14. The Hall–Kier alpha value is -2.51. The number of non-ortho nitro benzene ring substituents is 1. The van der Waals surface area contributed by atoms with Crippen molar-refractivity contribution in [1.82, 2.24) is 0 Å². The highest BCUT2D eigenvalue weighted by Gasteiger charge is 2.33. The summed E-state index contributed by atoms with van der Waals surface area (Å²) in [7, 11) is 0. The van der Waals surface area contributed by atoms with Crippen LogP contribution in [0, 0.1) is 10.1 Å². The van der Waals surface area contributed by atoms with Gasteiger partial charge in [-0.3, -0.25) is 19.8 Å². The number of thiocarbonyl (C=S) groups is 1. The van der Waals surface area contributed by atoms with Crippen molar-refractivity contribution >= 4 is 51.7 Å². The molecule has 0 aliphatic carbocycles. The number of carbonyl (C=O) groups is 1. The van der Waals surface area contributed by atoms with Crippen LogP contribution in [-0.4, -0.2) is 15.2 Å². The molecule has 0 bridgehead atoms. The highest BCUT2D eigenvalue weighted by Crippen LogP contribution is 2.36. The number of anilines is 1. The fraction of sp³-hybridized carbons (Fsp3) is 0.200. The average Bonchev–Trinajstić information content (AvgIpc) is 2.94. The van der Waals surface area contributed by atoms with Crippen LogP contribution in [0.25, 0.3) is 6.08 Å². The van der Waals surface area contributed by atoms with E-state index in [1.807, 2.05) is 24.3 Å². The van der Waals surface area contributed by atoms with Crippen LogP contribution >= 0.6 is 24.0 Å². The molecule has 5 nitrogen and oxygen atoms in total. The summed E-state index contributed by atoms with van der Waals surface area (Å²) in [5.74, 6) is -0.176. The van der Waals surface area contributed by atoms with Crippen LogP contribution in [0.2, 0.25) is 0 Å². The number of unbranched alkanes of at least 4 members (excludes halogenated alkanes) is 1. The predicted molar refractivity (Wildman–Crippen MR) is 114 cm³/mol. The van der Waals surface area contributed by atoms with Crippen LogP contribution in [-0.2, 0) is 11.2 Å². The third-order valence-electron chi connectivity index (χ3n) is 4.21. The van der Waals surface area contributed by atoms with Crippen molar-refractivity contribution in [1.29, 1.82) is 0 Å². The molecule has 138 valence electrons. The van der Waals surface area contributed by atoms with Crippen LogP contribution in [0.4, 0.5) is 11.4 Å². The van der Waals surface area contributed by atoms with Gasteiger partial charge in [0.15, 0.2) is 4.32 Å². The van der Waals surface area contributed by atoms with E-state index in [4.69, 9.17) is 12.2 Å². The third kappa shape index (κ3) is 4.43. The van der Waals surface area contributed by atoms with Crippen LogP contribution in [0.15, 0.2) is 53.4 Å². The number of nitrogens with zero attached hydrogens (tertiary/aromatic N) is 2. The number of aryl methyl sites for hydroxylation is 1. The number of hydrogen-bond donors (Lipinski definition) is 0. The molecule has 0 unspecified atom stereocenters. The van der Waals surface area contributed by atoms with E-state index in [0.717, 1.165) is 30.5 Å². The van der Waals surface area contributed by atoms with Crippen molar-refractivity contribution in [3.8, 4) is 0 Å². The predicted octanol–water partition coefficient (Wildman–Crippen LogP) is 5.34. The molecule has 1 heterocycles. The summed E-state index contributed by atoms with van der Waals surface area (Å²) < 4.78 is 0.481. The number of carbonyl (C=O) groups excluding carboxylic acids is 1. The largest absolute Gasteiger partial charge is 0.270 e. The van der Waals surface area contributed by atoms with Crippen molar-refractivity contribution in [2.75, 3.05) is 4.90 Å². The van der Waals surface area contributed by atoms with Crippen molar-refractivity contribution in [3.05, 3.63) is 74.7 Å². The van der Waals surface area contributed by atoms with Crippen molar-refractivity contribution in [2.45, 2.75) is 26.2 Å². The number of nitro groups is 1. The van der Waals surface area contributed by atoms with Crippen LogP contribution < -0.4 is 4.90 Å². The molecule has 0 N–H and O–H groups in total. The van der Waals surface area contributed by atoms with E-state index < -0.39 is 4.92 Å². The second-order valence-corrected chi connectivity index (χ2v) is 7.81. The van der Waals surface area contributed by atoms with Gasteiger partial charge in [0, 0.05) is 12.1 Å². The van der Waals surface area contributed by atoms with Gasteiger partial charge in [-0.15, -0.1) is 0 Å². The molecule has 1 aliphatic heterocycles. The molecule has 0 atom stereocenters. The number of hydrogen-bond acceptors (Lipinski definition) is 5. The van der Waals surface area contributed by atoms with Gasteiger partial charge in [0.1, 0.15) is 0 Å². The molecule has 0 aromatic heterocycles. The Kier molecular flexibility index (Phi) is 6.03. The molecule has 0 spiro atoms. The van der Waals surface area contributed by atoms with E-state index in [1.54, 1.807) is 18.2 Å². The van der Waals surface area contributed by atoms with Gasteiger partial charge in [0.05, 0.1) is 15.5 Å². The number of thioether (sulfide) groups is 1. The van der Waals surface area contributed by atoms with Gasteiger partial charge in [-0.1, -0.05) is 49.5 Å². The first kappa shape index (κ1) is 19.3. The summed E-state index contributed by atoms with van der Waals surface area (Å²) in [6.45, 7) is 2.16. The minimum absolute atomic E-state index is 0.0165. The standard InChI is InChI=1S/C20H18N2O3S2/c1-2-3-4-14-5-9-16(10-6-14)21-19(23)18(27-20(21)26)13-15-7-11-17(12-8-15)22(24)25/h5-13H,2-4H2,1H3. The van der Waals surface area contributed by atoms with E-state index in [2.05, 4.69) is 6.92 Å². The van der Waals surface area contributed by atoms with Crippen molar-refractivity contribution in [3.63, 3.8) is 0 Å². The van der Waals surface area contributed by atoms with E-state index in [-0.39, 0.29) is 11.6 Å². The number of benzene rings is 2. The molecule has 3 rings (SSSR count). The zero-order valence-corrected chi connectivity index (χ0v) is 16.4. The zero-order valence-electron chi connectivity index (χ0n) is 14.8. The lowest BCUT2D eigenvalue weighted by Gasteiger charge is -2.15. The second kappa shape index (κ2) is 8.45. The number of rotatable bonds is 6.